The van der Waals surface area contributed by atoms with Gasteiger partial charge in [-0.1, -0.05) is 0 Å². The van der Waals surface area contributed by atoms with Crippen molar-refractivity contribution in [2.24, 2.45) is 11.8 Å². The summed E-state index contributed by atoms with van der Waals surface area (Å²) in [5.74, 6) is 1.74. The van der Waals surface area contributed by atoms with Crippen molar-refractivity contribution < 1.29 is 0 Å². The Kier molecular flexibility index (Phi) is 15.1. The molecular weight excluding hydrogens is 409 g/mol. The summed E-state index contributed by atoms with van der Waals surface area (Å²) in [4.78, 5) is 0. The van der Waals surface area contributed by atoms with Gasteiger partial charge in [-0.25, -0.2) is 0 Å². The third-order valence-corrected chi connectivity index (χ3v) is 10.3. The molecule has 0 aliphatic carbocycles. The second-order valence-corrected chi connectivity index (χ2v) is 14.0. The van der Waals surface area contributed by atoms with Crippen molar-refractivity contribution in [3.05, 3.63) is 0 Å². The van der Waals surface area contributed by atoms with Crippen molar-refractivity contribution in [1.82, 2.24) is 9.34 Å². The number of halogens is 1. The van der Waals surface area contributed by atoms with Crippen LogP contribution in [-0.4, -0.2) is 50.6 Å². The molecule has 148 valence electrons. The molecule has 0 amide bonds. The summed E-state index contributed by atoms with van der Waals surface area (Å²) < 4.78 is 7.98. The maximum absolute atomic E-state index is 2.91. The van der Waals surface area contributed by atoms with Gasteiger partial charge < -0.3 is 0 Å². The molecule has 3 nitrogen and oxygen atoms in total. The van der Waals surface area contributed by atoms with Gasteiger partial charge in [-0.05, 0) is 0 Å². The van der Waals surface area contributed by atoms with E-state index in [0.717, 1.165) is 11.8 Å². The van der Waals surface area contributed by atoms with Gasteiger partial charge in [-0.2, -0.15) is 0 Å². The molecule has 0 bridgehead atoms. The van der Waals surface area contributed by atoms with Crippen LogP contribution >= 0.6 is 20.6 Å². The van der Waals surface area contributed by atoms with Crippen molar-refractivity contribution in [2.45, 2.75) is 79.1 Å². The van der Waals surface area contributed by atoms with Gasteiger partial charge in [0.15, 0.2) is 0 Å². The Bertz CT molecular complexity index is 258. The molecule has 0 aliphatic rings. The fourth-order valence-corrected chi connectivity index (χ4v) is 9.31. The average Bonchev–Trinajstić information content (AvgIpc) is 2.53. The van der Waals surface area contributed by atoms with E-state index in [0.29, 0.717) is 0 Å². The summed E-state index contributed by atoms with van der Waals surface area (Å²) in [6, 6.07) is 0. The molecule has 0 heterocycles. The zero-order valence-corrected chi connectivity index (χ0v) is 20.1. The summed E-state index contributed by atoms with van der Waals surface area (Å²) in [7, 11) is 9.16. The molecule has 0 N–H and O–H groups in total. The number of rotatable bonds is 15. The predicted molar refractivity (Wildman–Crippen MR) is 120 cm³/mol. The summed E-state index contributed by atoms with van der Waals surface area (Å²) >= 11 is -1.41. The van der Waals surface area contributed by atoms with E-state index >= 15 is 0 Å². The number of nitrogens with zero attached hydrogens (tertiary/aromatic N) is 3. The third-order valence-electron chi connectivity index (χ3n) is 4.82. The summed E-state index contributed by atoms with van der Waals surface area (Å²) in [5, 5.41) is 0. The molecule has 0 aliphatic heterocycles. The zero-order chi connectivity index (χ0) is 18.5. The quantitative estimate of drug-likeness (QED) is 0.218. The van der Waals surface area contributed by atoms with Crippen LogP contribution in [0.5, 0.6) is 0 Å². The molecule has 0 spiro atoms. The first-order chi connectivity index (χ1) is 11.4. The minimum atomic E-state index is -1.41. The average molecular weight is 456 g/mol. The standard InChI is InChI=1S/C20H46IN3/c1-9-13-15-19(11-3)17-24(21(22(5)6)23(7)8)18-20(12-4)16-14-10-2/h19-20H,9-18H2,1-8H3. The molecule has 2 atom stereocenters. The van der Waals surface area contributed by atoms with Gasteiger partial charge in [0.25, 0.3) is 0 Å². The maximum atomic E-state index is 2.91. The molecular formula is C20H46IN3. The molecule has 0 radical (unpaired) electrons. The second-order valence-electron chi connectivity index (χ2n) is 7.46. The van der Waals surface area contributed by atoms with Gasteiger partial charge in [0, 0.05) is 0 Å². The molecule has 0 aromatic carbocycles. The number of hydrogen-bond donors (Lipinski definition) is 0. The van der Waals surface area contributed by atoms with Gasteiger partial charge >= 0.3 is 162 Å². The van der Waals surface area contributed by atoms with Crippen LogP contribution < -0.4 is 0 Å². The fraction of sp³-hybridized carbons (Fsp3) is 1.00. The molecule has 4 heteroatoms. The Hall–Kier alpha value is 0.610. The molecule has 24 heavy (non-hydrogen) atoms. The Morgan fingerprint density at radius 3 is 1.29 bits per heavy atom. The zero-order valence-electron chi connectivity index (χ0n) is 17.9. The van der Waals surface area contributed by atoms with E-state index in [1.165, 1.54) is 64.5 Å². The Labute approximate surface area is 162 Å². The van der Waals surface area contributed by atoms with Crippen molar-refractivity contribution in [3.63, 3.8) is 0 Å². The van der Waals surface area contributed by atoms with Crippen molar-refractivity contribution in [3.8, 4) is 0 Å². The van der Waals surface area contributed by atoms with Crippen molar-refractivity contribution in [1.29, 1.82) is 0 Å². The summed E-state index contributed by atoms with van der Waals surface area (Å²) in [5.41, 5.74) is 0. The molecule has 0 rings (SSSR count). The normalized spacial score (nSPS) is 15.4. The van der Waals surface area contributed by atoms with E-state index in [-0.39, 0.29) is 0 Å². The van der Waals surface area contributed by atoms with E-state index in [4.69, 9.17) is 0 Å². The molecule has 0 aromatic rings. The fourth-order valence-electron chi connectivity index (χ4n) is 3.32. The van der Waals surface area contributed by atoms with Gasteiger partial charge in [0.05, 0.1) is 0 Å². The van der Waals surface area contributed by atoms with Crippen LogP contribution in [0.25, 0.3) is 0 Å². The molecule has 0 aromatic heterocycles. The van der Waals surface area contributed by atoms with E-state index in [1.807, 2.05) is 0 Å². The molecule has 0 saturated carbocycles. The van der Waals surface area contributed by atoms with Crippen LogP contribution in [0.3, 0.4) is 0 Å². The first-order valence-corrected chi connectivity index (χ1v) is 13.1. The topological polar surface area (TPSA) is 9.72 Å². The molecule has 0 fully saturated rings. The number of unbranched alkanes of at least 4 members (excludes halogenated alkanes) is 2. The SMILES string of the molecule is CCCCC(CC)CN(CC(CC)CCCC)I(N(C)C)N(C)C. The van der Waals surface area contributed by atoms with Crippen LogP contribution in [0, 0.1) is 11.8 Å². The van der Waals surface area contributed by atoms with Crippen LogP contribution in [0.4, 0.5) is 0 Å². The first-order valence-electron chi connectivity index (χ1n) is 10.2. The third kappa shape index (κ3) is 9.93. The van der Waals surface area contributed by atoms with Crippen LogP contribution in [-0.2, 0) is 0 Å². The van der Waals surface area contributed by atoms with Gasteiger partial charge in [-0.15, -0.1) is 0 Å². The van der Waals surface area contributed by atoms with E-state index < -0.39 is 20.6 Å². The Balaban J connectivity index is 5.09. The summed E-state index contributed by atoms with van der Waals surface area (Å²) in [6.45, 7) is 12.0. The van der Waals surface area contributed by atoms with E-state index in [1.54, 1.807) is 0 Å². The van der Waals surface area contributed by atoms with Crippen molar-refractivity contribution in [2.75, 3.05) is 41.3 Å². The monoisotopic (exact) mass is 455 g/mol. The Morgan fingerprint density at radius 1 is 0.667 bits per heavy atom. The first kappa shape index (κ1) is 24.6. The molecule has 0 saturated heterocycles. The minimum absolute atomic E-state index is 0.869. The summed E-state index contributed by atoms with van der Waals surface area (Å²) in [6.07, 6.45) is 10.9. The predicted octanol–water partition coefficient (Wildman–Crippen LogP) is 6.10. The number of hydrogen-bond acceptors (Lipinski definition) is 3. The second kappa shape index (κ2) is 14.7. The van der Waals surface area contributed by atoms with Crippen LogP contribution in [0.2, 0.25) is 0 Å². The Morgan fingerprint density at radius 2 is 1.04 bits per heavy atom. The van der Waals surface area contributed by atoms with Crippen LogP contribution in [0.15, 0.2) is 0 Å². The van der Waals surface area contributed by atoms with E-state index in [2.05, 4.69) is 65.2 Å². The van der Waals surface area contributed by atoms with Gasteiger partial charge in [0.1, 0.15) is 0 Å². The van der Waals surface area contributed by atoms with Gasteiger partial charge in [0.2, 0.25) is 0 Å². The van der Waals surface area contributed by atoms with Crippen LogP contribution in [0.1, 0.15) is 79.1 Å². The van der Waals surface area contributed by atoms with E-state index in [9.17, 15) is 0 Å². The van der Waals surface area contributed by atoms with Crippen molar-refractivity contribution >= 4 is 20.6 Å². The van der Waals surface area contributed by atoms with Gasteiger partial charge in [-0.3, -0.25) is 0 Å². The molecule has 2 unspecified atom stereocenters.